The number of rotatable bonds is 4. The largest absolute Gasteiger partial charge is 0.394 e. The highest BCUT2D eigenvalue weighted by atomic mass is 79.9. The Kier molecular flexibility index (Phi) is 4.98. The van der Waals surface area contributed by atoms with Gasteiger partial charge in [0.05, 0.1) is 11.1 Å². The summed E-state index contributed by atoms with van der Waals surface area (Å²) in [5, 5.41) is 13.1. The van der Waals surface area contributed by atoms with Crippen LogP contribution in [0.15, 0.2) is 22.7 Å². The highest BCUT2D eigenvalue weighted by Gasteiger charge is 2.33. The Balaban J connectivity index is 2.02. The van der Waals surface area contributed by atoms with Crippen LogP contribution in [0, 0.1) is 11.7 Å². The van der Waals surface area contributed by atoms with Crippen LogP contribution in [0.5, 0.6) is 0 Å². The zero-order valence-corrected chi connectivity index (χ0v) is 12.8. The van der Waals surface area contributed by atoms with Crippen molar-refractivity contribution in [3.05, 3.63) is 34.1 Å². The summed E-state index contributed by atoms with van der Waals surface area (Å²) >= 11 is 3.28. The maximum absolute atomic E-state index is 13.4. The van der Waals surface area contributed by atoms with Gasteiger partial charge >= 0.3 is 0 Å². The summed E-state index contributed by atoms with van der Waals surface area (Å²) in [5.74, 6) is 0.497. The maximum atomic E-state index is 13.4. The molecule has 0 aliphatic heterocycles. The second-order valence-electron chi connectivity index (χ2n) is 5.69. The van der Waals surface area contributed by atoms with Crippen LogP contribution in [0.3, 0.4) is 0 Å². The lowest BCUT2D eigenvalue weighted by Crippen LogP contribution is -2.50. The van der Waals surface area contributed by atoms with Gasteiger partial charge < -0.3 is 10.4 Å². The van der Waals surface area contributed by atoms with Crippen LogP contribution in [-0.4, -0.2) is 17.3 Å². The lowest BCUT2D eigenvalue weighted by Gasteiger charge is -2.39. The molecule has 2 rings (SSSR count). The van der Waals surface area contributed by atoms with Crippen molar-refractivity contribution >= 4 is 15.9 Å². The van der Waals surface area contributed by atoms with Crippen LogP contribution in [0.4, 0.5) is 4.39 Å². The van der Waals surface area contributed by atoms with Crippen molar-refractivity contribution in [1.29, 1.82) is 0 Å². The predicted octanol–water partition coefficient (Wildman–Crippen LogP) is 3.62. The molecule has 4 heteroatoms. The van der Waals surface area contributed by atoms with E-state index in [9.17, 15) is 9.50 Å². The lowest BCUT2D eigenvalue weighted by atomic mass is 9.77. The minimum atomic E-state index is -0.241. The molecule has 1 aromatic rings. The first-order valence-corrected chi connectivity index (χ1v) is 7.64. The van der Waals surface area contributed by atoms with E-state index >= 15 is 0 Å². The Morgan fingerprint density at radius 2 is 2.11 bits per heavy atom. The number of aliphatic hydroxyl groups is 1. The Hall–Kier alpha value is -0.450. The monoisotopic (exact) mass is 329 g/mol. The minimum Gasteiger partial charge on any atom is -0.394 e. The highest BCUT2D eigenvalue weighted by Crippen LogP contribution is 2.32. The van der Waals surface area contributed by atoms with Gasteiger partial charge in [0.25, 0.3) is 0 Å². The second kappa shape index (κ2) is 6.33. The molecule has 1 aliphatic carbocycles. The highest BCUT2D eigenvalue weighted by molar-refractivity contribution is 9.10. The standard InChI is InChI=1S/C15H21BrFNO/c1-11-5-7-15(10-19,8-6-11)18-9-12-3-2-4-13(17)14(12)16/h2-4,11,18-19H,5-10H2,1H3. The summed E-state index contributed by atoms with van der Waals surface area (Å²) in [7, 11) is 0. The van der Waals surface area contributed by atoms with E-state index in [1.165, 1.54) is 6.07 Å². The first-order valence-electron chi connectivity index (χ1n) is 6.85. The third kappa shape index (κ3) is 3.56. The van der Waals surface area contributed by atoms with Crippen molar-refractivity contribution in [2.75, 3.05) is 6.61 Å². The number of halogens is 2. The van der Waals surface area contributed by atoms with Gasteiger partial charge in [0.2, 0.25) is 0 Å². The van der Waals surface area contributed by atoms with Gasteiger partial charge in [0.15, 0.2) is 0 Å². The van der Waals surface area contributed by atoms with Gasteiger partial charge in [0, 0.05) is 12.1 Å². The Morgan fingerprint density at radius 3 is 2.74 bits per heavy atom. The van der Waals surface area contributed by atoms with Crippen molar-refractivity contribution < 1.29 is 9.50 Å². The molecule has 1 aliphatic rings. The maximum Gasteiger partial charge on any atom is 0.137 e. The molecular weight excluding hydrogens is 309 g/mol. The SMILES string of the molecule is CC1CCC(CO)(NCc2cccc(F)c2Br)CC1. The average molecular weight is 330 g/mol. The molecule has 0 atom stereocenters. The van der Waals surface area contributed by atoms with Crippen LogP contribution in [0.1, 0.15) is 38.2 Å². The Morgan fingerprint density at radius 1 is 1.42 bits per heavy atom. The summed E-state index contributed by atoms with van der Waals surface area (Å²) in [6.45, 7) is 2.98. The number of benzene rings is 1. The van der Waals surface area contributed by atoms with Gasteiger partial charge in [0.1, 0.15) is 5.82 Å². The summed E-state index contributed by atoms with van der Waals surface area (Å²) < 4.78 is 14.0. The summed E-state index contributed by atoms with van der Waals surface area (Å²) in [4.78, 5) is 0. The van der Waals surface area contributed by atoms with Crippen LogP contribution in [0.25, 0.3) is 0 Å². The van der Waals surface area contributed by atoms with Gasteiger partial charge in [-0.2, -0.15) is 0 Å². The van der Waals surface area contributed by atoms with Crippen molar-refractivity contribution in [2.45, 2.75) is 44.7 Å². The number of hydrogen-bond donors (Lipinski definition) is 2. The van der Waals surface area contributed by atoms with Crippen LogP contribution in [-0.2, 0) is 6.54 Å². The molecule has 19 heavy (non-hydrogen) atoms. The second-order valence-corrected chi connectivity index (χ2v) is 6.48. The van der Waals surface area contributed by atoms with E-state index in [2.05, 4.69) is 28.2 Å². The molecule has 1 fully saturated rings. The molecule has 0 radical (unpaired) electrons. The topological polar surface area (TPSA) is 32.3 Å². The van der Waals surface area contributed by atoms with Gasteiger partial charge in [-0.25, -0.2) is 4.39 Å². The molecule has 2 nitrogen and oxygen atoms in total. The molecule has 0 amide bonds. The zero-order chi connectivity index (χ0) is 13.9. The van der Waals surface area contributed by atoms with Gasteiger partial charge in [-0.05, 0) is 59.2 Å². The van der Waals surface area contributed by atoms with Crippen molar-refractivity contribution in [2.24, 2.45) is 5.92 Å². The fourth-order valence-corrected chi connectivity index (χ4v) is 3.08. The van der Waals surface area contributed by atoms with Crippen LogP contribution >= 0.6 is 15.9 Å². The van der Waals surface area contributed by atoms with E-state index in [0.717, 1.165) is 37.2 Å². The van der Waals surface area contributed by atoms with E-state index in [0.29, 0.717) is 11.0 Å². The van der Waals surface area contributed by atoms with Gasteiger partial charge in [-0.3, -0.25) is 0 Å². The molecule has 1 aromatic carbocycles. The Labute approximate surface area is 122 Å². The molecule has 1 saturated carbocycles. The van der Waals surface area contributed by atoms with Gasteiger partial charge in [-0.15, -0.1) is 0 Å². The molecule has 0 bridgehead atoms. The summed E-state index contributed by atoms with van der Waals surface area (Å²) in [6, 6.07) is 5.06. The normalized spacial score (nSPS) is 27.5. The van der Waals surface area contributed by atoms with Crippen molar-refractivity contribution in [3.63, 3.8) is 0 Å². The van der Waals surface area contributed by atoms with E-state index in [1.807, 2.05) is 6.07 Å². The van der Waals surface area contributed by atoms with E-state index in [4.69, 9.17) is 0 Å². The zero-order valence-electron chi connectivity index (χ0n) is 11.3. The third-order valence-corrected chi connectivity index (χ3v) is 5.11. The average Bonchev–Trinajstić information content (AvgIpc) is 2.43. The number of aliphatic hydroxyl groups excluding tert-OH is 1. The van der Waals surface area contributed by atoms with Crippen molar-refractivity contribution in [3.8, 4) is 0 Å². The van der Waals surface area contributed by atoms with Crippen molar-refractivity contribution in [1.82, 2.24) is 5.32 Å². The molecule has 0 unspecified atom stereocenters. The quantitative estimate of drug-likeness (QED) is 0.884. The molecule has 0 saturated heterocycles. The van der Waals surface area contributed by atoms with E-state index < -0.39 is 0 Å². The smallest absolute Gasteiger partial charge is 0.137 e. The molecule has 0 aromatic heterocycles. The fourth-order valence-electron chi connectivity index (χ4n) is 2.67. The summed E-state index contributed by atoms with van der Waals surface area (Å²) in [6.07, 6.45) is 4.24. The predicted molar refractivity (Wildman–Crippen MR) is 78.4 cm³/mol. The van der Waals surface area contributed by atoms with Gasteiger partial charge in [-0.1, -0.05) is 19.1 Å². The third-order valence-electron chi connectivity index (χ3n) is 4.22. The molecular formula is C15H21BrFNO. The number of hydrogen-bond acceptors (Lipinski definition) is 2. The van der Waals surface area contributed by atoms with Crippen LogP contribution < -0.4 is 5.32 Å². The summed E-state index contributed by atoms with van der Waals surface area (Å²) in [5.41, 5.74) is 0.699. The molecule has 0 spiro atoms. The fraction of sp³-hybridized carbons (Fsp3) is 0.600. The van der Waals surface area contributed by atoms with E-state index in [1.54, 1.807) is 6.07 Å². The molecule has 0 heterocycles. The lowest BCUT2D eigenvalue weighted by molar-refractivity contribution is 0.104. The van der Waals surface area contributed by atoms with Crippen LogP contribution in [0.2, 0.25) is 0 Å². The first-order chi connectivity index (χ1) is 9.06. The minimum absolute atomic E-state index is 0.145. The van der Waals surface area contributed by atoms with E-state index in [-0.39, 0.29) is 18.0 Å². The number of nitrogens with one attached hydrogen (secondary N) is 1. The Bertz CT molecular complexity index is 430. The molecule has 106 valence electrons. The first kappa shape index (κ1) is 14.9. The molecule has 2 N–H and O–H groups in total.